The fourth-order valence-electron chi connectivity index (χ4n) is 4.19. The lowest BCUT2D eigenvalue weighted by atomic mass is 10.0. The summed E-state index contributed by atoms with van der Waals surface area (Å²) in [6.45, 7) is 10.4. The zero-order valence-electron chi connectivity index (χ0n) is 17.5. The second-order valence-corrected chi connectivity index (χ2v) is 10.1. The van der Waals surface area contributed by atoms with Crippen LogP contribution in [0.4, 0.5) is 0 Å². The van der Waals surface area contributed by atoms with Crippen molar-refractivity contribution in [3.63, 3.8) is 0 Å². The highest BCUT2D eigenvalue weighted by Gasteiger charge is 2.46. The maximum Gasteiger partial charge on any atom is 0.254 e. The van der Waals surface area contributed by atoms with Gasteiger partial charge in [0.25, 0.3) is 5.91 Å². The molecule has 3 heterocycles. The Morgan fingerprint density at radius 2 is 2.18 bits per heavy atom. The molecule has 0 spiro atoms. The molecule has 1 aliphatic carbocycles. The van der Waals surface area contributed by atoms with Crippen LogP contribution in [0.5, 0.6) is 0 Å². The van der Waals surface area contributed by atoms with Gasteiger partial charge in [0.15, 0.2) is 0 Å². The van der Waals surface area contributed by atoms with Crippen molar-refractivity contribution in [1.29, 1.82) is 0 Å². The van der Waals surface area contributed by atoms with Crippen molar-refractivity contribution < 1.29 is 4.79 Å². The lowest BCUT2D eigenvalue weighted by Crippen LogP contribution is -2.33. The van der Waals surface area contributed by atoms with E-state index in [1.165, 1.54) is 22.4 Å². The monoisotopic (exact) mass is 397 g/mol. The van der Waals surface area contributed by atoms with Gasteiger partial charge in [-0.2, -0.15) is 0 Å². The quantitative estimate of drug-likeness (QED) is 0.726. The number of thiophene rings is 1. The molecule has 1 atom stereocenters. The molecule has 0 radical (unpaired) electrons. The van der Waals surface area contributed by atoms with Crippen LogP contribution in [0.2, 0.25) is 0 Å². The first kappa shape index (κ1) is 19.6. The summed E-state index contributed by atoms with van der Waals surface area (Å²) in [5, 5.41) is 2.08. The number of pyridine rings is 1. The molecule has 2 aliphatic rings. The maximum atomic E-state index is 13.0. The van der Waals surface area contributed by atoms with E-state index in [4.69, 9.17) is 0 Å². The molecule has 1 saturated carbocycles. The van der Waals surface area contributed by atoms with Crippen LogP contribution in [0.15, 0.2) is 23.7 Å². The Morgan fingerprint density at radius 3 is 2.82 bits per heavy atom. The molecule has 28 heavy (non-hydrogen) atoms. The van der Waals surface area contributed by atoms with Crippen LogP contribution in [0.1, 0.15) is 59.2 Å². The number of amides is 1. The zero-order chi connectivity index (χ0) is 19.9. The second kappa shape index (κ2) is 7.60. The number of hydrogen-bond acceptors (Lipinski definition) is 4. The highest BCUT2D eigenvalue weighted by atomic mass is 32.1. The maximum absolute atomic E-state index is 13.0. The summed E-state index contributed by atoms with van der Waals surface area (Å²) in [7, 11) is 1.96. The number of aryl methyl sites for hydroxylation is 1. The molecule has 0 bridgehead atoms. The van der Waals surface area contributed by atoms with Gasteiger partial charge in [-0.05, 0) is 47.8 Å². The van der Waals surface area contributed by atoms with E-state index >= 15 is 0 Å². The van der Waals surface area contributed by atoms with Gasteiger partial charge in [-0.25, -0.2) is 0 Å². The lowest BCUT2D eigenvalue weighted by molar-refractivity contribution is 0.0783. The summed E-state index contributed by atoms with van der Waals surface area (Å²) < 4.78 is 0. The van der Waals surface area contributed by atoms with Crippen molar-refractivity contribution in [2.24, 2.45) is 11.3 Å². The van der Waals surface area contributed by atoms with Crippen LogP contribution >= 0.6 is 11.3 Å². The van der Waals surface area contributed by atoms with Gasteiger partial charge in [-0.3, -0.25) is 14.7 Å². The summed E-state index contributed by atoms with van der Waals surface area (Å²) in [6, 6.07) is 4.32. The van der Waals surface area contributed by atoms with Gasteiger partial charge in [0.05, 0.1) is 11.3 Å². The Hall–Kier alpha value is -1.72. The van der Waals surface area contributed by atoms with E-state index in [1.807, 2.05) is 18.1 Å². The summed E-state index contributed by atoms with van der Waals surface area (Å²) >= 11 is 1.74. The number of carbonyl (C=O) groups is 1. The number of aromatic nitrogens is 1. The van der Waals surface area contributed by atoms with Gasteiger partial charge >= 0.3 is 0 Å². The molecule has 150 valence electrons. The molecule has 0 N–H and O–H groups in total. The Labute approximate surface area is 172 Å². The molecule has 5 heteroatoms. The van der Waals surface area contributed by atoms with Crippen molar-refractivity contribution in [2.45, 2.75) is 53.1 Å². The third-order valence-corrected chi connectivity index (χ3v) is 7.51. The van der Waals surface area contributed by atoms with Crippen LogP contribution in [0.3, 0.4) is 0 Å². The third kappa shape index (κ3) is 4.01. The molecule has 4 rings (SSSR count). The fraction of sp³-hybridized carbons (Fsp3) is 0.565. The van der Waals surface area contributed by atoms with Crippen LogP contribution < -0.4 is 0 Å². The topological polar surface area (TPSA) is 36.4 Å². The highest BCUT2D eigenvalue weighted by molar-refractivity contribution is 7.10. The molecular weight excluding hydrogens is 366 g/mol. The van der Waals surface area contributed by atoms with Crippen molar-refractivity contribution >= 4 is 17.2 Å². The molecule has 1 fully saturated rings. The van der Waals surface area contributed by atoms with E-state index in [2.05, 4.69) is 48.2 Å². The lowest BCUT2D eigenvalue weighted by Gasteiger charge is -2.27. The van der Waals surface area contributed by atoms with Gasteiger partial charge in [0.1, 0.15) is 0 Å². The smallest absolute Gasteiger partial charge is 0.254 e. The molecule has 1 unspecified atom stereocenters. The van der Waals surface area contributed by atoms with E-state index < -0.39 is 0 Å². The van der Waals surface area contributed by atoms with E-state index in [0.717, 1.165) is 50.3 Å². The number of nitrogens with zero attached hydrogens (tertiary/aromatic N) is 3. The SMILES string of the molecule is CCc1ccc(CN2CCc3c(C(=O)N(C)CC4CC4(C)C)csc3C2)nc1. The molecule has 1 aliphatic heterocycles. The van der Waals surface area contributed by atoms with Crippen LogP contribution in [-0.4, -0.2) is 40.8 Å². The van der Waals surface area contributed by atoms with Crippen LogP contribution in [0, 0.1) is 11.3 Å². The van der Waals surface area contributed by atoms with Gasteiger partial charge < -0.3 is 4.90 Å². The molecule has 4 nitrogen and oxygen atoms in total. The van der Waals surface area contributed by atoms with Crippen molar-refractivity contribution in [3.05, 3.63) is 51.0 Å². The third-order valence-electron chi connectivity index (χ3n) is 6.49. The normalized spacial score (nSPS) is 20.6. The van der Waals surface area contributed by atoms with Gasteiger partial charge in [0.2, 0.25) is 0 Å². The summed E-state index contributed by atoms with van der Waals surface area (Å²) in [5.41, 5.74) is 5.03. The van der Waals surface area contributed by atoms with Gasteiger partial charge in [-0.1, -0.05) is 26.8 Å². The average molecular weight is 398 g/mol. The fourth-order valence-corrected chi connectivity index (χ4v) is 5.30. The Balaban J connectivity index is 1.39. The Bertz CT molecular complexity index is 855. The Kier molecular flexibility index (Phi) is 5.32. The first-order valence-electron chi connectivity index (χ1n) is 10.4. The van der Waals surface area contributed by atoms with E-state index in [9.17, 15) is 4.79 Å². The molecular formula is C23H31N3OS. The van der Waals surface area contributed by atoms with Gasteiger partial charge in [0, 0.05) is 49.7 Å². The zero-order valence-corrected chi connectivity index (χ0v) is 18.3. The predicted octanol–water partition coefficient (Wildman–Crippen LogP) is 4.38. The van der Waals surface area contributed by atoms with Crippen molar-refractivity contribution in [2.75, 3.05) is 20.1 Å². The molecule has 2 aromatic heterocycles. The van der Waals surface area contributed by atoms with Crippen molar-refractivity contribution in [1.82, 2.24) is 14.8 Å². The molecule has 0 saturated heterocycles. The largest absolute Gasteiger partial charge is 0.341 e. The number of rotatable bonds is 6. The summed E-state index contributed by atoms with van der Waals surface area (Å²) in [4.78, 5) is 23.3. The minimum atomic E-state index is 0.200. The first-order valence-corrected chi connectivity index (χ1v) is 11.3. The van der Waals surface area contributed by atoms with E-state index in [-0.39, 0.29) is 5.91 Å². The number of hydrogen-bond donors (Lipinski definition) is 0. The molecule has 2 aromatic rings. The van der Waals surface area contributed by atoms with E-state index in [0.29, 0.717) is 11.3 Å². The van der Waals surface area contributed by atoms with Crippen LogP contribution in [0.25, 0.3) is 0 Å². The van der Waals surface area contributed by atoms with E-state index in [1.54, 1.807) is 11.3 Å². The predicted molar refractivity (Wildman–Crippen MR) is 115 cm³/mol. The second-order valence-electron chi connectivity index (χ2n) is 9.10. The number of carbonyl (C=O) groups excluding carboxylic acids is 1. The molecule has 0 aromatic carbocycles. The Morgan fingerprint density at radius 1 is 1.39 bits per heavy atom. The first-order chi connectivity index (χ1) is 13.4. The summed E-state index contributed by atoms with van der Waals surface area (Å²) in [6.07, 6.45) is 5.20. The molecule has 1 amide bonds. The number of fused-ring (bicyclic) bond motifs is 1. The average Bonchev–Trinajstić information content (AvgIpc) is 3.09. The van der Waals surface area contributed by atoms with Crippen LogP contribution in [-0.2, 0) is 25.9 Å². The minimum absolute atomic E-state index is 0.200. The van der Waals surface area contributed by atoms with Crippen molar-refractivity contribution in [3.8, 4) is 0 Å². The van der Waals surface area contributed by atoms with Gasteiger partial charge in [-0.15, -0.1) is 11.3 Å². The summed E-state index contributed by atoms with van der Waals surface area (Å²) in [5.74, 6) is 0.850. The minimum Gasteiger partial charge on any atom is -0.341 e. The standard InChI is InChI=1S/C23H31N3OS/c1-5-16-6-7-18(24-11-16)13-26-9-8-19-20(15-28-21(19)14-26)22(27)25(4)12-17-10-23(17,2)3/h6-7,11,15,17H,5,8-10,12-14H2,1-4H3. The highest BCUT2D eigenvalue weighted by Crippen LogP contribution is 2.51.